The minimum absolute atomic E-state index is 0.0605. The van der Waals surface area contributed by atoms with Crippen molar-refractivity contribution in [2.24, 2.45) is 0 Å². The summed E-state index contributed by atoms with van der Waals surface area (Å²) in [6, 6.07) is 19.9. The molecule has 0 spiro atoms. The summed E-state index contributed by atoms with van der Waals surface area (Å²) in [7, 11) is 1.87. The van der Waals surface area contributed by atoms with E-state index in [1.165, 1.54) is 0 Å². The smallest absolute Gasteiger partial charge is 0.253 e. The number of ether oxygens (including phenoxy) is 1. The van der Waals surface area contributed by atoms with Gasteiger partial charge in [-0.3, -0.25) is 4.79 Å². The summed E-state index contributed by atoms with van der Waals surface area (Å²) >= 11 is 0. The largest absolute Gasteiger partial charge is 0.378 e. The predicted molar refractivity (Wildman–Crippen MR) is 112 cm³/mol. The maximum atomic E-state index is 12.7. The van der Waals surface area contributed by atoms with Crippen LogP contribution >= 0.6 is 0 Å². The lowest BCUT2D eigenvalue weighted by molar-refractivity contribution is 0.0763. The van der Waals surface area contributed by atoms with Crippen molar-refractivity contribution in [3.05, 3.63) is 66.2 Å². The molecule has 1 saturated heterocycles. The van der Waals surface area contributed by atoms with Crippen LogP contribution in [0, 0.1) is 0 Å². The summed E-state index contributed by atoms with van der Waals surface area (Å²) in [4.78, 5) is 19.2. The fourth-order valence-electron chi connectivity index (χ4n) is 3.76. The van der Waals surface area contributed by atoms with E-state index in [1.54, 1.807) is 4.90 Å². The molecule has 1 aromatic heterocycles. The summed E-state index contributed by atoms with van der Waals surface area (Å²) in [5.41, 5.74) is 3.63. The molecule has 0 saturated carbocycles. The first-order valence-electron chi connectivity index (χ1n) is 10.0. The number of hydrogen-bond acceptors (Lipinski definition) is 3. The van der Waals surface area contributed by atoms with Gasteiger partial charge in [0, 0.05) is 36.7 Å². The molecule has 1 atom stereocenters. The SMILES string of the molecule is CN(CCC[C@H]1CCCO1)C(=O)c1ccc(-c2ccc3ccccc3n2)cc1. The number of nitrogens with zero attached hydrogens (tertiary/aromatic N) is 2. The molecule has 144 valence electrons. The first kappa shape index (κ1) is 18.6. The lowest BCUT2D eigenvalue weighted by Gasteiger charge is -2.18. The van der Waals surface area contributed by atoms with Gasteiger partial charge in [-0.1, -0.05) is 36.4 Å². The maximum Gasteiger partial charge on any atom is 0.253 e. The highest BCUT2D eigenvalue weighted by molar-refractivity contribution is 5.94. The Labute approximate surface area is 166 Å². The Balaban J connectivity index is 1.39. The van der Waals surface area contributed by atoms with Crippen molar-refractivity contribution >= 4 is 16.8 Å². The fourth-order valence-corrected chi connectivity index (χ4v) is 3.76. The molecule has 0 aliphatic carbocycles. The molecule has 0 radical (unpaired) electrons. The molecule has 0 unspecified atom stereocenters. The molecule has 1 aliphatic heterocycles. The number of fused-ring (bicyclic) bond motifs is 1. The van der Waals surface area contributed by atoms with E-state index in [4.69, 9.17) is 9.72 Å². The number of pyridine rings is 1. The summed E-state index contributed by atoms with van der Waals surface area (Å²) in [5.74, 6) is 0.0605. The number of carbonyl (C=O) groups excluding carboxylic acids is 1. The topological polar surface area (TPSA) is 42.4 Å². The van der Waals surface area contributed by atoms with Crippen molar-refractivity contribution in [3.63, 3.8) is 0 Å². The highest BCUT2D eigenvalue weighted by Gasteiger charge is 2.16. The Bertz CT molecular complexity index is 946. The van der Waals surface area contributed by atoms with Gasteiger partial charge in [-0.05, 0) is 49.9 Å². The van der Waals surface area contributed by atoms with E-state index in [2.05, 4.69) is 12.1 Å². The van der Waals surface area contributed by atoms with E-state index >= 15 is 0 Å². The minimum Gasteiger partial charge on any atom is -0.378 e. The second-order valence-corrected chi connectivity index (χ2v) is 7.47. The van der Waals surface area contributed by atoms with Crippen molar-refractivity contribution in [2.75, 3.05) is 20.2 Å². The van der Waals surface area contributed by atoms with Crippen molar-refractivity contribution in [1.29, 1.82) is 0 Å². The zero-order chi connectivity index (χ0) is 19.3. The molecular formula is C24H26N2O2. The Morgan fingerprint density at radius 3 is 2.71 bits per heavy atom. The highest BCUT2D eigenvalue weighted by Crippen LogP contribution is 2.22. The molecule has 4 nitrogen and oxygen atoms in total. The van der Waals surface area contributed by atoms with Crippen LogP contribution in [0.3, 0.4) is 0 Å². The van der Waals surface area contributed by atoms with Gasteiger partial charge < -0.3 is 9.64 Å². The molecule has 0 bridgehead atoms. The van der Waals surface area contributed by atoms with Crippen LogP contribution in [0.4, 0.5) is 0 Å². The van der Waals surface area contributed by atoms with Gasteiger partial charge in [0.15, 0.2) is 0 Å². The third-order valence-corrected chi connectivity index (χ3v) is 5.42. The number of para-hydroxylation sites is 1. The Morgan fingerprint density at radius 2 is 1.93 bits per heavy atom. The summed E-state index contributed by atoms with van der Waals surface area (Å²) in [6.07, 6.45) is 4.72. The second-order valence-electron chi connectivity index (χ2n) is 7.47. The van der Waals surface area contributed by atoms with Crippen LogP contribution in [-0.2, 0) is 4.74 Å². The van der Waals surface area contributed by atoms with Crippen LogP contribution < -0.4 is 0 Å². The first-order chi connectivity index (χ1) is 13.7. The molecule has 0 N–H and O–H groups in total. The molecule has 28 heavy (non-hydrogen) atoms. The summed E-state index contributed by atoms with van der Waals surface area (Å²) in [5, 5.41) is 1.13. The molecule has 4 rings (SSSR count). The summed E-state index contributed by atoms with van der Waals surface area (Å²) in [6.45, 7) is 1.64. The van der Waals surface area contributed by atoms with Gasteiger partial charge in [0.25, 0.3) is 5.91 Å². The third-order valence-electron chi connectivity index (χ3n) is 5.42. The van der Waals surface area contributed by atoms with Crippen LogP contribution in [0.1, 0.15) is 36.0 Å². The number of hydrogen-bond donors (Lipinski definition) is 0. The average Bonchev–Trinajstić information content (AvgIpc) is 3.26. The highest BCUT2D eigenvalue weighted by atomic mass is 16.5. The zero-order valence-corrected chi connectivity index (χ0v) is 16.3. The lowest BCUT2D eigenvalue weighted by atomic mass is 10.1. The van der Waals surface area contributed by atoms with Gasteiger partial charge in [0.1, 0.15) is 0 Å². The van der Waals surface area contributed by atoms with E-state index in [1.807, 2.05) is 55.6 Å². The van der Waals surface area contributed by atoms with E-state index in [0.29, 0.717) is 11.7 Å². The Morgan fingerprint density at radius 1 is 1.11 bits per heavy atom. The van der Waals surface area contributed by atoms with E-state index in [0.717, 1.165) is 61.0 Å². The molecule has 2 aromatic carbocycles. The molecule has 4 heteroatoms. The first-order valence-corrected chi connectivity index (χ1v) is 10.0. The van der Waals surface area contributed by atoms with Crippen LogP contribution in [0.25, 0.3) is 22.2 Å². The second kappa shape index (κ2) is 8.53. The van der Waals surface area contributed by atoms with Gasteiger partial charge in [-0.2, -0.15) is 0 Å². The van der Waals surface area contributed by atoms with Crippen LogP contribution in [0.2, 0.25) is 0 Å². The van der Waals surface area contributed by atoms with Crippen LogP contribution in [0.15, 0.2) is 60.7 Å². The third kappa shape index (κ3) is 4.23. The Hall–Kier alpha value is -2.72. The quantitative estimate of drug-likeness (QED) is 0.614. The molecule has 2 heterocycles. The average molecular weight is 374 g/mol. The normalized spacial score (nSPS) is 16.4. The van der Waals surface area contributed by atoms with Gasteiger partial charge in [0.2, 0.25) is 0 Å². The van der Waals surface area contributed by atoms with Crippen molar-refractivity contribution in [3.8, 4) is 11.3 Å². The molecule has 1 aliphatic rings. The van der Waals surface area contributed by atoms with Crippen LogP contribution in [-0.4, -0.2) is 42.1 Å². The fraction of sp³-hybridized carbons (Fsp3) is 0.333. The van der Waals surface area contributed by atoms with Gasteiger partial charge in [-0.15, -0.1) is 0 Å². The van der Waals surface area contributed by atoms with E-state index in [9.17, 15) is 4.79 Å². The maximum absolute atomic E-state index is 12.7. The molecule has 3 aromatic rings. The lowest BCUT2D eigenvalue weighted by Crippen LogP contribution is -2.28. The number of rotatable bonds is 6. The predicted octanol–water partition coefficient (Wildman–Crippen LogP) is 4.93. The van der Waals surface area contributed by atoms with Crippen molar-refractivity contribution in [2.45, 2.75) is 31.8 Å². The zero-order valence-electron chi connectivity index (χ0n) is 16.3. The van der Waals surface area contributed by atoms with Gasteiger partial charge >= 0.3 is 0 Å². The molecule has 1 fully saturated rings. The number of aromatic nitrogens is 1. The number of benzene rings is 2. The molecule has 1 amide bonds. The van der Waals surface area contributed by atoms with E-state index < -0.39 is 0 Å². The van der Waals surface area contributed by atoms with Gasteiger partial charge in [-0.25, -0.2) is 4.98 Å². The summed E-state index contributed by atoms with van der Waals surface area (Å²) < 4.78 is 5.65. The standard InChI is InChI=1S/C24H26N2O2/c1-26(16-4-7-21-8-5-17-28-21)24(27)20-12-10-19(11-13-20)23-15-14-18-6-2-3-9-22(18)25-23/h2-3,6,9-15,21H,4-5,7-8,16-17H2,1H3/t21-/m0/s1. The number of carbonyl (C=O) groups is 1. The monoisotopic (exact) mass is 374 g/mol. The van der Waals surface area contributed by atoms with Crippen molar-refractivity contribution < 1.29 is 9.53 Å². The van der Waals surface area contributed by atoms with Crippen molar-refractivity contribution in [1.82, 2.24) is 9.88 Å². The van der Waals surface area contributed by atoms with Gasteiger partial charge in [0.05, 0.1) is 17.3 Å². The van der Waals surface area contributed by atoms with E-state index in [-0.39, 0.29) is 5.91 Å². The minimum atomic E-state index is 0.0605. The Kier molecular flexibility index (Phi) is 5.68. The molecular weight excluding hydrogens is 348 g/mol. The number of amides is 1. The van der Waals surface area contributed by atoms with Crippen LogP contribution in [0.5, 0.6) is 0 Å².